The van der Waals surface area contributed by atoms with E-state index in [0.717, 1.165) is 63.1 Å². The maximum atomic E-state index is 13.9. The maximum Gasteiger partial charge on any atom is 0.263 e. The molecular formula is C26H34N8O3S. The SMILES string of the molecule is Cn1cc(CN2C(=O)c3cc(S(=O)(=O)NC4(C)CC4)ccc3N3C2=NCC32CN(C3CCNCC3)C2)cn1. The fourth-order valence-corrected chi connectivity index (χ4v) is 7.85. The van der Waals surface area contributed by atoms with Gasteiger partial charge in [-0.3, -0.25) is 19.3 Å². The molecule has 2 saturated heterocycles. The molecule has 5 heterocycles. The summed E-state index contributed by atoms with van der Waals surface area (Å²) in [6.07, 6.45) is 7.55. The van der Waals surface area contributed by atoms with Crippen molar-refractivity contribution in [2.45, 2.75) is 61.2 Å². The minimum absolute atomic E-state index is 0.123. The summed E-state index contributed by atoms with van der Waals surface area (Å²) in [5.41, 5.74) is 1.41. The van der Waals surface area contributed by atoms with Gasteiger partial charge in [0.05, 0.1) is 41.0 Å². The molecule has 1 aromatic carbocycles. The lowest BCUT2D eigenvalue weighted by molar-refractivity contribution is 0.0261. The molecule has 38 heavy (non-hydrogen) atoms. The first kappa shape index (κ1) is 24.3. The summed E-state index contributed by atoms with van der Waals surface area (Å²) in [6, 6.07) is 5.54. The molecule has 1 aromatic heterocycles. The number of carbonyl (C=O) groups is 1. The molecule has 1 spiro atoms. The van der Waals surface area contributed by atoms with Gasteiger partial charge < -0.3 is 10.2 Å². The molecule has 2 N–H and O–H groups in total. The molecule has 5 aliphatic rings. The third-order valence-electron chi connectivity index (χ3n) is 8.73. The monoisotopic (exact) mass is 538 g/mol. The van der Waals surface area contributed by atoms with Crippen LogP contribution in [-0.4, -0.2) is 89.7 Å². The predicted octanol–water partition coefficient (Wildman–Crippen LogP) is 0.889. The molecule has 0 bridgehead atoms. The number of fused-ring (bicyclic) bond motifs is 4. The van der Waals surface area contributed by atoms with Gasteiger partial charge in [0, 0.05) is 43.5 Å². The van der Waals surface area contributed by atoms with Gasteiger partial charge in [0.15, 0.2) is 0 Å². The lowest BCUT2D eigenvalue weighted by Crippen LogP contribution is -2.75. The van der Waals surface area contributed by atoms with Crippen molar-refractivity contribution in [2.75, 3.05) is 37.6 Å². The van der Waals surface area contributed by atoms with E-state index in [1.165, 1.54) is 0 Å². The molecule has 12 heteroatoms. The number of likely N-dealkylation sites (tertiary alicyclic amines) is 1. The van der Waals surface area contributed by atoms with Gasteiger partial charge in [0.25, 0.3) is 5.91 Å². The zero-order chi connectivity index (χ0) is 26.3. The Morgan fingerprint density at radius 1 is 1.18 bits per heavy atom. The van der Waals surface area contributed by atoms with E-state index < -0.39 is 15.6 Å². The van der Waals surface area contributed by atoms with Crippen LogP contribution in [0.1, 0.15) is 48.5 Å². The molecule has 3 fully saturated rings. The number of nitrogens with one attached hydrogen (secondary N) is 2. The Kier molecular flexibility index (Phi) is 5.33. The molecule has 202 valence electrons. The number of guanidine groups is 1. The highest BCUT2D eigenvalue weighted by molar-refractivity contribution is 7.89. The quantitative estimate of drug-likeness (QED) is 0.561. The van der Waals surface area contributed by atoms with Crippen molar-refractivity contribution in [3.8, 4) is 0 Å². The molecular weight excluding hydrogens is 504 g/mol. The van der Waals surface area contributed by atoms with Crippen LogP contribution in [0.2, 0.25) is 0 Å². The van der Waals surface area contributed by atoms with Crippen LogP contribution >= 0.6 is 0 Å². The predicted molar refractivity (Wildman–Crippen MR) is 142 cm³/mol. The first-order valence-electron chi connectivity index (χ1n) is 13.4. The smallest absolute Gasteiger partial charge is 0.263 e. The normalized spacial score (nSPS) is 24.3. The molecule has 0 radical (unpaired) electrons. The van der Waals surface area contributed by atoms with E-state index in [1.807, 2.05) is 20.2 Å². The zero-order valence-electron chi connectivity index (χ0n) is 21.9. The molecule has 4 aliphatic heterocycles. The van der Waals surface area contributed by atoms with Crippen molar-refractivity contribution in [3.05, 3.63) is 41.7 Å². The van der Waals surface area contributed by atoms with Crippen molar-refractivity contribution in [1.29, 1.82) is 0 Å². The van der Waals surface area contributed by atoms with Crippen LogP contribution in [0.4, 0.5) is 5.69 Å². The molecule has 2 aromatic rings. The highest BCUT2D eigenvalue weighted by atomic mass is 32.2. The number of sulfonamides is 1. The summed E-state index contributed by atoms with van der Waals surface area (Å²) in [7, 11) is -1.90. The number of hydrogen-bond acceptors (Lipinski definition) is 8. The molecule has 1 aliphatic carbocycles. The Morgan fingerprint density at radius 2 is 1.95 bits per heavy atom. The number of piperidine rings is 1. The number of aromatic nitrogens is 2. The number of aryl methyl sites for hydroxylation is 1. The van der Waals surface area contributed by atoms with Crippen LogP contribution in [-0.2, 0) is 23.6 Å². The van der Waals surface area contributed by atoms with Crippen molar-refractivity contribution in [1.82, 2.24) is 29.6 Å². The van der Waals surface area contributed by atoms with Crippen molar-refractivity contribution >= 4 is 27.6 Å². The van der Waals surface area contributed by atoms with Crippen LogP contribution in [0.5, 0.6) is 0 Å². The Balaban J connectivity index is 1.25. The molecule has 7 rings (SSSR count). The third-order valence-corrected chi connectivity index (χ3v) is 10.4. The van der Waals surface area contributed by atoms with E-state index in [9.17, 15) is 13.2 Å². The number of carbonyl (C=O) groups excluding carboxylic acids is 1. The van der Waals surface area contributed by atoms with Gasteiger partial charge in [-0.05, 0) is 63.9 Å². The van der Waals surface area contributed by atoms with Crippen molar-refractivity contribution < 1.29 is 13.2 Å². The van der Waals surface area contributed by atoms with Gasteiger partial charge >= 0.3 is 0 Å². The Hall–Kier alpha value is -2.80. The van der Waals surface area contributed by atoms with Gasteiger partial charge in [-0.1, -0.05) is 0 Å². The van der Waals surface area contributed by atoms with Crippen LogP contribution in [0.3, 0.4) is 0 Å². The number of amides is 1. The van der Waals surface area contributed by atoms with Gasteiger partial charge in [0.1, 0.15) is 0 Å². The summed E-state index contributed by atoms with van der Waals surface area (Å²) in [6.45, 7) is 6.67. The minimum atomic E-state index is -3.75. The number of nitrogens with zero attached hydrogens (tertiary/aromatic N) is 6. The van der Waals surface area contributed by atoms with E-state index in [-0.39, 0.29) is 16.3 Å². The average Bonchev–Trinajstić information content (AvgIpc) is 3.25. The average molecular weight is 539 g/mol. The summed E-state index contributed by atoms with van der Waals surface area (Å²) in [4.78, 5) is 25.4. The standard InChI is InChI=1S/C26H34N8O3S/c1-25(7-8-25)30-38(36,37)20-3-4-22-21(11-20)23(35)33(14-18-12-29-31(2)13-18)24-28-15-26(34(22)24)16-32(17-26)19-5-9-27-10-6-19/h3-4,11-13,19,27,30H,5-10,14-17H2,1-2H3. The van der Waals surface area contributed by atoms with E-state index in [1.54, 1.807) is 34.0 Å². The summed E-state index contributed by atoms with van der Waals surface area (Å²) >= 11 is 0. The molecule has 1 amide bonds. The maximum absolute atomic E-state index is 13.9. The van der Waals surface area contributed by atoms with Gasteiger partial charge in [-0.25, -0.2) is 18.1 Å². The fourth-order valence-electron chi connectivity index (χ4n) is 6.36. The number of benzene rings is 1. The fraction of sp³-hybridized carbons (Fsp3) is 0.577. The molecule has 1 saturated carbocycles. The molecule has 11 nitrogen and oxygen atoms in total. The molecule has 0 atom stereocenters. The minimum Gasteiger partial charge on any atom is -0.317 e. The van der Waals surface area contributed by atoms with Gasteiger partial charge in [-0.2, -0.15) is 5.10 Å². The number of rotatable bonds is 6. The van der Waals surface area contributed by atoms with Crippen LogP contribution in [0, 0.1) is 0 Å². The number of hydrogen-bond donors (Lipinski definition) is 2. The number of aliphatic imine (C=N–C) groups is 1. The first-order valence-corrected chi connectivity index (χ1v) is 14.9. The van der Waals surface area contributed by atoms with E-state index in [4.69, 9.17) is 4.99 Å². The lowest BCUT2D eigenvalue weighted by atomic mass is 9.84. The Bertz CT molecular complexity index is 1430. The highest BCUT2D eigenvalue weighted by Gasteiger charge is 2.57. The highest BCUT2D eigenvalue weighted by Crippen LogP contribution is 2.44. The van der Waals surface area contributed by atoms with E-state index in [2.05, 4.69) is 24.9 Å². The van der Waals surface area contributed by atoms with Crippen LogP contribution < -0.4 is 14.9 Å². The number of anilines is 1. The molecule has 0 unspecified atom stereocenters. The topological polar surface area (TPSA) is 115 Å². The van der Waals surface area contributed by atoms with Gasteiger partial charge in [0.2, 0.25) is 16.0 Å². The first-order chi connectivity index (χ1) is 18.2. The lowest BCUT2D eigenvalue weighted by Gasteiger charge is -2.57. The summed E-state index contributed by atoms with van der Waals surface area (Å²) < 4.78 is 30.9. The Labute approximate surface area is 222 Å². The Morgan fingerprint density at radius 3 is 2.63 bits per heavy atom. The van der Waals surface area contributed by atoms with Gasteiger partial charge in [-0.15, -0.1) is 0 Å². The van der Waals surface area contributed by atoms with Crippen molar-refractivity contribution in [2.24, 2.45) is 12.0 Å². The van der Waals surface area contributed by atoms with Crippen LogP contribution in [0.15, 0.2) is 40.5 Å². The largest absolute Gasteiger partial charge is 0.317 e. The van der Waals surface area contributed by atoms with Crippen molar-refractivity contribution in [3.63, 3.8) is 0 Å². The van der Waals surface area contributed by atoms with Crippen LogP contribution in [0.25, 0.3) is 0 Å². The zero-order valence-corrected chi connectivity index (χ0v) is 22.7. The second kappa shape index (κ2) is 8.35. The second-order valence-electron chi connectivity index (χ2n) is 11.8. The summed E-state index contributed by atoms with van der Waals surface area (Å²) in [5, 5.41) is 7.71. The second-order valence-corrected chi connectivity index (χ2v) is 13.5. The summed E-state index contributed by atoms with van der Waals surface area (Å²) in [5.74, 6) is 0.413. The van der Waals surface area contributed by atoms with E-state index in [0.29, 0.717) is 30.7 Å². The van der Waals surface area contributed by atoms with E-state index >= 15 is 0 Å². The third kappa shape index (κ3) is 3.88.